The zero-order valence-electron chi connectivity index (χ0n) is 16.8. The van der Waals surface area contributed by atoms with Crippen molar-refractivity contribution in [2.75, 3.05) is 25.7 Å². The van der Waals surface area contributed by atoms with Crippen molar-refractivity contribution in [3.8, 4) is 11.5 Å². The number of fused-ring (bicyclic) bond motifs is 1. The lowest BCUT2D eigenvalue weighted by Gasteiger charge is -2.16. The van der Waals surface area contributed by atoms with Gasteiger partial charge in [-0.2, -0.15) is 0 Å². The van der Waals surface area contributed by atoms with Gasteiger partial charge in [0.25, 0.3) is 5.91 Å². The topological polar surface area (TPSA) is 69.1 Å². The molecule has 1 aliphatic rings. The first-order valence-electron chi connectivity index (χ1n) is 9.48. The van der Waals surface area contributed by atoms with Gasteiger partial charge in [-0.1, -0.05) is 38.1 Å². The molecule has 0 aliphatic carbocycles. The average molecular weight is 383 g/mol. The van der Waals surface area contributed by atoms with Gasteiger partial charge in [0.05, 0.1) is 12.7 Å². The van der Waals surface area contributed by atoms with E-state index in [0.29, 0.717) is 28.7 Å². The summed E-state index contributed by atoms with van der Waals surface area (Å²) in [5, 5.41) is 2.85. The number of carbonyl (C=O) groups is 2. The fourth-order valence-electron chi connectivity index (χ4n) is 3.24. The van der Waals surface area contributed by atoms with Crippen molar-refractivity contribution in [1.29, 1.82) is 0 Å². The van der Waals surface area contributed by atoms with Crippen molar-refractivity contribution < 1.29 is 24.0 Å². The van der Waals surface area contributed by atoms with Gasteiger partial charge in [-0.15, -0.1) is 0 Å². The number of hydrogen-bond acceptors (Lipinski definition) is 4. The number of nitrogens with one attached hydrogen (secondary N) is 2. The average Bonchev–Trinajstić information content (AvgIpc) is 3.08. The number of benzene rings is 2. The molecule has 0 spiro atoms. The van der Waals surface area contributed by atoms with Crippen molar-refractivity contribution in [2.24, 2.45) is 0 Å². The fraction of sp³-hybridized carbons (Fsp3) is 0.364. The SMILES string of the molecule is CC(=O)c1cc2c(cc1NC(=O)C[NH+](C)Cc1ccc(C(C)C)cc1)OCO2. The number of anilines is 1. The van der Waals surface area contributed by atoms with E-state index in [-0.39, 0.29) is 25.0 Å². The quantitative estimate of drug-likeness (QED) is 0.721. The highest BCUT2D eigenvalue weighted by Gasteiger charge is 2.21. The maximum Gasteiger partial charge on any atom is 0.279 e. The third kappa shape index (κ3) is 4.70. The largest absolute Gasteiger partial charge is 0.454 e. The summed E-state index contributed by atoms with van der Waals surface area (Å²) >= 11 is 0. The molecule has 0 radical (unpaired) electrons. The Labute approximate surface area is 165 Å². The van der Waals surface area contributed by atoms with E-state index >= 15 is 0 Å². The molecule has 2 aromatic rings. The van der Waals surface area contributed by atoms with E-state index in [9.17, 15) is 9.59 Å². The predicted molar refractivity (Wildman–Crippen MR) is 107 cm³/mol. The van der Waals surface area contributed by atoms with Gasteiger partial charge in [-0.3, -0.25) is 9.59 Å². The Morgan fingerprint density at radius 3 is 2.36 bits per heavy atom. The third-order valence-corrected chi connectivity index (χ3v) is 4.78. The molecule has 2 N–H and O–H groups in total. The Morgan fingerprint density at radius 1 is 1.11 bits per heavy atom. The van der Waals surface area contributed by atoms with Gasteiger partial charge >= 0.3 is 0 Å². The van der Waals surface area contributed by atoms with Crippen LogP contribution >= 0.6 is 0 Å². The van der Waals surface area contributed by atoms with Crippen LogP contribution in [0.2, 0.25) is 0 Å². The van der Waals surface area contributed by atoms with E-state index in [2.05, 4.69) is 43.4 Å². The Hall–Kier alpha value is -2.86. The van der Waals surface area contributed by atoms with Gasteiger partial charge in [0, 0.05) is 17.2 Å². The van der Waals surface area contributed by atoms with Crippen molar-refractivity contribution in [2.45, 2.75) is 33.2 Å². The minimum absolute atomic E-state index is 0.118. The van der Waals surface area contributed by atoms with E-state index in [1.165, 1.54) is 18.1 Å². The van der Waals surface area contributed by atoms with Crippen LogP contribution in [0.3, 0.4) is 0 Å². The minimum Gasteiger partial charge on any atom is -0.454 e. The Morgan fingerprint density at radius 2 is 1.75 bits per heavy atom. The van der Waals surface area contributed by atoms with Crippen molar-refractivity contribution in [3.05, 3.63) is 53.1 Å². The van der Waals surface area contributed by atoms with E-state index in [0.717, 1.165) is 11.4 Å². The molecule has 0 fully saturated rings. The number of likely N-dealkylation sites (N-methyl/N-ethyl adjacent to an activating group) is 1. The molecular weight excluding hydrogens is 356 g/mol. The third-order valence-electron chi connectivity index (χ3n) is 4.78. The number of ketones is 1. The predicted octanol–water partition coefficient (Wildman–Crippen LogP) is 2.39. The molecule has 0 saturated heterocycles. The number of quaternary nitrogens is 1. The second-order valence-corrected chi connectivity index (χ2v) is 7.56. The fourth-order valence-corrected chi connectivity index (χ4v) is 3.24. The molecule has 0 saturated carbocycles. The van der Waals surface area contributed by atoms with Gasteiger partial charge < -0.3 is 19.7 Å². The van der Waals surface area contributed by atoms with Gasteiger partial charge in [0.2, 0.25) is 6.79 Å². The molecule has 2 aromatic carbocycles. The van der Waals surface area contributed by atoms with Crippen molar-refractivity contribution in [1.82, 2.24) is 0 Å². The number of rotatable bonds is 7. The maximum absolute atomic E-state index is 12.5. The lowest BCUT2D eigenvalue weighted by atomic mass is 10.0. The molecule has 6 heteroatoms. The highest BCUT2D eigenvalue weighted by molar-refractivity contribution is 6.04. The first kappa shape index (κ1) is 19.9. The Kier molecular flexibility index (Phi) is 5.99. The van der Waals surface area contributed by atoms with Crippen LogP contribution in [0.15, 0.2) is 36.4 Å². The van der Waals surface area contributed by atoms with Gasteiger partial charge in [-0.05, 0) is 24.5 Å². The van der Waals surface area contributed by atoms with Crippen LogP contribution in [0.1, 0.15) is 48.2 Å². The Bertz CT molecular complexity index is 875. The summed E-state index contributed by atoms with van der Waals surface area (Å²) in [5.41, 5.74) is 3.36. The summed E-state index contributed by atoms with van der Waals surface area (Å²) in [6.45, 7) is 6.95. The van der Waals surface area contributed by atoms with Crippen LogP contribution in [-0.2, 0) is 11.3 Å². The number of hydrogen-bond donors (Lipinski definition) is 2. The molecule has 0 aromatic heterocycles. The highest BCUT2D eigenvalue weighted by Crippen LogP contribution is 2.37. The molecular formula is C22H27N2O4+. The summed E-state index contributed by atoms with van der Waals surface area (Å²) in [4.78, 5) is 25.5. The van der Waals surface area contributed by atoms with E-state index in [4.69, 9.17) is 9.47 Å². The van der Waals surface area contributed by atoms with Crippen LogP contribution in [-0.4, -0.2) is 32.1 Å². The summed E-state index contributed by atoms with van der Waals surface area (Å²) < 4.78 is 10.7. The standard InChI is InChI=1S/C22H26N2O4/c1-14(2)17-7-5-16(6-8-17)11-24(4)12-22(26)23-19-10-21-20(27-13-28-21)9-18(19)15(3)25/h5-10,14H,11-13H2,1-4H3,(H,23,26)/p+1. The first-order valence-corrected chi connectivity index (χ1v) is 9.48. The zero-order valence-corrected chi connectivity index (χ0v) is 16.8. The monoisotopic (exact) mass is 383 g/mol. The molecule has 28 heavy (non-hydrogen) atoms. The number of ether oxygens (including phenoxy) is 2. The van der Waals surface area contributed by atoms with E-state index in [1.807, 2.05) is 7.05 Å². The molecule has 148 valence electrons. The lowest BCUT2D eigenvalue weighted by Crippen LogP contribution is -3.08. The number of Topliss-reactive ketones (excluding diaryl/α,β-unsaturated/α-hetero) is 1. The highest BCUT2D eigenvalue weighted by atomic mass is 16.7. The number of carbonyl (C=O) groups excluding carboxylic acids is 2. The molecule has 6 nitrogen and oxygen atoms in total. The second kappa shape index (κ2) is 8.44. The molecule has 1 heterocycles. The van der Waals surface area contributed by atoms with Crippen LogP contribution in [0.25, 0.3) is 0 Å². The van der Waals surface area contributed by atoms with Gasteiger partial charge in [-0.25, -0.2) is 0 Å². The first-order chi connectivity index (χ1) is 13.3. The summed E-state index contributed by atoms with van der Waals surface area (Å²) in [7, 11) is 1.97. The normalized spacial score (nSPS) is 13.5. The number of amides is 1. The summed E-state index contributed by atoms with van der Waals surface area (Å²) in [6, 6.07) is 11.8. The lowest BCUT2D eigenvalue weighted by molar-refractivity contribution is -0.885. The van der Waals surface area contributed by atoms with Crippen molar-refractivity contribution in [3.63, 3.8) is 0 Å². The van der Waals surface area contributed by atoms with Gasteiger partial charge in [0.15, 0.2) is 23.8 Å². The summed E-state index contributed by atoms with van der Waals surface area (Å²) in [6.07, 6.45) is 0. The van der Waals surface area contributed by atoms with Crippen LogP contribution in [0.5, 0.6) is 11.5 Å². The molecule has 3 rings (SSSR count). The second-order valence-electron chi connectivity index (χ2n) is 7.56. The van der Waals surface area contributed by atoms with Crippen LogP contribution < -0.4 is 19.7 Å². The molecule has 1 atom stereocenters. The minimum atomic E-state index is -0.155. The van der Waals surface area contributed by atoms with Gasteiger partial charge in [0.1, 0.15) is 6.54 Å². The molecule has 1 aliphatic heterocycles. The van der Waals surface area contributed by atoms with E-state index < -0.39 is 0 Å². The smallest absolute Gasteiger partial charge is 0.279 e. The van der Waals surface area contributed by atoms with Crippen LogP contribution in [0, 0.1) is 0 Å². The van der Waals surface area contributed by atoms with Crippen LogP contribution in [0.4, 0.5) is 5.69 Å². The molecule has 1 amide bonds. The molecule has 1 unspecified atom stereocenters. The summed E-state index contributed by atoms with van der Waals surface area (Å²) in [5.74, 6) is 1.27. The molecule has 0 bridgehead atoms. The maximum atomic E-state index is 12.5. The Balaban J connectivity index is 1.63. The zero-order chi connectivity index (χ0) is 20.3. The van der Waals surface area contributed by atoms with E-state index in [1.54, 1.807) is 12.1 Å². The van der Waals surface area contributed by atoms with Crippen molar-refractivity contribution >= 4 is 17.4 Å².